The molecule has 0 radical (unpaired) electrons. The summed E-state index contributed by atoms with van der Waals surface area (Å²) in [6.45, 7) is -0.146. The predicted molar refractivity (Wildman–Crippen MR) is 92.8 cm³/mol. The van der Waals surface area contributed by atoms with Gasteiger partial charge in [0.05, 0.1) is 12.7 Å². The molecule has 0 aliphatic rings. The molecule has 8 heteroatoms. The zero-order valence-electron chi connectivity index (χ0n) is 14.0. The number of hydrogen-bond acceptors (Lipinski definition) is 4. The Morgan fingerprint density at radius 1 is 1.26 bits per heavy atom. The first kappa shape index (κ1) is 20.3. The minimum absolute atomic E-state index is 0.146. The molecule has 2 aromatic carbocycles. The van der Waals surface area contributed by atoms with Crippen LogP contribution in [-0.4, -0.2) is 13.1 Å². The molecule has 0 N–H and O–H groups in total. The number of esters is 1. The van der Waals surface area contributed by atoms with Gasteiger partial charge in [-0.05, 0) is 42.0 Å². The smallest absolute Gasteiger partial charge is 0.416 e. The number of nitrogens with zero attached hydrogens (tertiary/aromatic N) is 1. The number of halogens is 4. The van der Waals surface area contributed by atoms with E-state index >= 15 is 0 Å². The SMILES string of the molecule is COC(=O)/C(C#N)=C\c1cc(Cl)ccc1OCc1cccc(C(F)(F)F)c1. The first-order valence-corrected chi connectivity index (χ1v) is 7.91. The van der Waals surface area contributed by atoms with E-state index in [1.807, 2.05) is 0 Å². The van der Waals surface area contributed by atoms with E-state index in [0.717, 1.165) is 19.2 Å². The lowest BCUT2D eigenvalue weighted by atomic mass is 10.1. The van der Waals surface area contributed by atoms with Gasteiger partial charge in [0.25, 0.3) is 0 Å². The number of benzene rings is 2. The molecule has 0 aromatic heterocycles. The second kappa shape index (κ2) is 8.60. The maximum Gasteiger partial charge on any atom is 0.416 e. The van der Waals surface area contributed by atoms with E-state index in [-0.39, 0.29) is 17.9 Å². The molecule has 0 bridgehead atoms. The second-order valence-electron chi connectivity index (χ2n) is 5.33. The molecular weight excluding hydrogens is 383 g/mol. The molecule has 2 rings (SSSR count). The number of hydrogen-bond donors (Lipinski definition) is 0. The average Bonchev–Trinajstić information content (AvgIpc) is 2.64. The number of alkyl halides is 3. The summed E-state index contributed by atoms with van der Waals surface area (Å²) in [5.41, 5.74) is -0.430. The van der Waals surface area contributed by atoms with E-state index in [0.29, 0.717) is 16.1 Å². The van der Waals surface area contributed by atoms with Crippen LogP contribution in [0.15, 0.2) is 48.0 Å². The Morgan fingerprint density at radius 3 is 2.63 bits per heavy atom. The summed E-state index contributed by atoms with van der Waals surface area (Å²) in [6, 6.07) is 10.9. The van der Waals surface area contributed by atoms with Crippen molar-refractivity contribution in [2.45, 2.75) is 12.8 Å². The Labute approximate surface area is 158 Å². The summed E-state index contributed by atoms with van der Waals surface area (Å²) in [6.07, 6.45) is -3.22. The maximum absolute atomic E-state index is 12.8. The first-order chi connectivity index (χ1) is 12.7. The van der Waals surface area contributed by atoms with Gasteiger partial charge in [-0.15, -0.1) is 0 Å². The molecule has 27 heavy (non-hydrogen) atoms. The zero-order valence-corrected chi connectivity index (χ0v) is 14.8. The van der Waals surface area contributed by atoms with Gasteiger partial charge >= 0.3 is 12.1 Å². The highest BCUT2D eigenvalue weighted by molar-refractivity contribution is 6.30. The summed E-state index contributed by atoms with van der Waals surface area (Å²) in [4.78, 5) is 11.6. The van der Waals surface area contributed by atoms with Gasteiger partial charge in [-0.2, -0.15) is 18.4 Å². The van der Waals surface area contributed by atoms with Crippen LogP contribution in [0.5, 0.6) is 5.75 Å². The topological polar surface area (TPSA) is 59.3 Å². The molecule has 0 spiro atoms. The predicted octanol–water partition coefficient (Wildman–Crippen LogP) is 5.02. The fraction of sp³-hybridized carbons (Fsp3) is 0.158. The van der Waals surface area contributed by atoms with Crippen molar-refractivity contribution in [3.05, 3.63) is 69.8 Å². The highest BCUT2D eigenvalue weighted by atomic mass is 35.5. The van der Waals surface area contributed by atoms with Gasteiger partial charge in [0.2, 0.25) is 0 Å². The molecule has 0 aliphatic heterocycles. The van der Waals surface area contributed by atoms with Crippen LogP contribution in [0.2, 0.25) is 5.02 Å². The van der Waals surface area contributed by atoms with Crippen molar-refractivity contribution in [3.8, 4) is 11.8 Å². The molecule has 0 atom stereocenters. The first-order valence-electron chi connectivity index (χ1n) is 7.53. The van der Waals surface area contributed by atoms with Gasteiger partial charge in [-0.25, -0.2) is 4.79 Å². The lowest BCUT2D eigenvalue weighted by Gasteiger charge is -2.12. The fourth-order valence-electron chi connectivity index (χ4n) is 2.16. The van der Waals surface area contributed by atoms with Gasteiger partial charge < -0.3 is 9.47 Å². The third-order valence-electron chi connectivity index (χ3n) is 3.45. The van der Waals surface area contributed by atoms with Gasteiger partial charge in [-0.3, -0.25) is 0 Å². The largest absolute Gasteiger partial charge is 0.488 e. The molecule has 0 unspecified atom stereocenters. The third-order valence-corrected chi connectivity index (χ3v) is 3.68. The van der Waals surface area contributed by atoms with Crippen molar-refractivity contribution in [2.75, 3.05) is 7.11 Å². The highest BCUT2D eigenvalue weighted by Crippen LogP contribution is 2.30. The van der Waals surface area contributed by atoms with Crippen LogP contribution in [0.1, 0.15) is 16.7 Å². The van der Waals surface area contributed by atoms with Gasteiger partial charge in [0, 0.05) is 10.6 Å². The number of rotatable bonds is 5. The molecule has 2 aromatic rings. The molecule has 140 valence electrons. The Hall–Kier alpha value is -2.98. The number of nitriles is 1. The van der Waals surface area contributed by atoms with Gasteiger partial charge in [0.1, 0.15) is 24.0 Å². The quantitative estimate of drug-likeness (QED) is 0.405. The minimum atomic E-state index is -4.45. The fourth-order valence-corrected chi connectivity index (χ4v) is 2.34. The molecule has 0 amide bonds. The maximum atomic E-state index is 12.8. The van der Waals surface area contributed by atoms with Crippen molar-refractivity contribution in [3.63, 3.8) is 0 Å². The lowest BCUT2D eigenvalue weighted by Crippen LogP contribution is -2.06. The average molecular weight is 396 g/mol. The molecule has 0 fully saturated rings. The van der Waals surface area contributed by atoms with E-state index in [1.54, 1.807) is 6.07 Å². The minimum Gasteiger partial charge on any atom is -0.488 e. The summed E-state index contributed by atoms with van der Waals surface area (Å²) in [7, 11) is 1.14. The molecule has 0 aliphatic carbocycles. The van der Waals surface area contributed by atoms with Crippen LogP contribution in [0.3, 0.4) is 0 Å². The number of carbonyl (C=O) groups excluding carboxylic acids is 1. The van der Waals surface area contributed by atoms with Crippen LogP contribution >= 0.6 is 11.6 Å². The molecular formula is C19H13ClF3NO3. The Bertz CT molecular complexity index is 917. The standard InChI is InChI=1S/C19H13ClF3NO3/c1-26-18(25)14(10-24)8-13-9-16(20)5-6-17(13)27-11-12-3-2-4-15(7-12)19(21,22)23/h2-9H,11H2,1H3/b14-8-. The monoisotopic (exact) mass is 395 g/mol. The van der Waals surface area contributed by atoms with E-state index in [1.165, 1.54) is 36.4 Å². The van der Waals surface area contributed by atoms with E-state index in [2.05, 4.69) is 4.74 Å². The summed E-state index contributed by atoms with van der Waals surface area (Å²) < 4.78 is 48.5. The third kappa shape index (κ3) is 5.50. The molecule has 0 saturated heterocycles. The second-order valence-corrected chi connectivity index (χ2v) is 5.77. The van der Waals surface area contributed by atoms with Crippen LogP contribution in [0.25, 0.3) is 6.08 Å². The Balaban J connectivity index is 2.29. The molecule has 0 saturated carbocycles. The normalized spacial score (nSPS) is 11.6. The van der Waals surface area contributed by atoms with Crippen molar-refractivity contribution in [1.29, 1.82) is 5.26 Å². The van der Waals surface area contributed by atoms with E-state index < -0.39 is 17.7 Å². The number of carbonyl (C=O) groups is 1. The highest BCUT2D eigenvalue weighted by Gasteiger charge is 2.30. The van der Waals surface area contributed by atoms with Crippen molar-refractivity contribution >= 4 is 23.6 Å². The Kier molecular flexibility index (Phi) is 6.48. The summed E-state index contributed by atoms with van der Waals surface area (Å²) >= 11 is 5.94. The van der Waals surface area contributed by atoms with Gasteiger partial charge in [0.15, 0.2) is 0 Å². The summed E-state index contributed by atoms with van der Waals surface area (Å²) in [5.74, 6) is -0.588. The van der Waals surface area contributed by atoms with Crippen LogP contribution in [0, 0.1) is 11.3 Å². The zero-order chi connectivity index (χ0) is 20.0. The van der Waals surface area contributed by atoms with Crippen molar-refractivity contribution in [1.82, 2.24) is 0 Å². The van der Waals surface area contributed by atoms with Crippen LogP contribution in [-0.2, 0) is 22.3 Å². The van der Waals surface area contributed by atoms with E-state index in [9.17, 15) is 18.0 Å². The number of methoxy groups -OCH3 is 1. The van der Waals surface area contributed by atoms with Crippen molar-refractivity contribution in [2.24, 2.45) is 0 Å². The Morgan fingerprint density at radius 2 is 2.00 bits per heavy atom. The molecule has 4 nitrogen and oxygen atoms in total. The summed E-state index contributed by atoms with van der Waals surface area (Å²) in [5, 5.41) is 9.39. The van der Waals surface area contributed by atoms with Crippen molar-refractivity contribution < 1.29 is 27.4 Å². The van der Waals surface area contributed by atoms with E-state index in [4.69, 9.17) is 21.6 Å². The number of ether oxygens (including phenoxy) is 2. The lowest BCUT2D eigenvalue weighted by molar-refractivity contribution is -0.137. The molecule has 0 heterocycles. The van der Waals surface area contributed by atoms with Crippen LogP contribution in [0.4, 0.5) is 13.2 Å². The van der Waals surface area contributed by atoms with Crippen LogP contribution < -0.4 is 4.74 Å². The van der Waals surface area contributed by atoms with Gasteiger partial charge in [-0.1, -0.05) is 23.7 Å².